The minimum absolute atomic E-state index is 0.303. The zero-order valence-electron chi connectivity index (χ0n) is 11.4. The number of hydrogen-bond acceptors (Lipinski definition) is 2. The monoisotopic (exact) mass is 307 g/mol. The van der Waals surface area contributed by atoms with Crippen LogP contribution in [0.2, 0.25) is 0 Å². The quantitative estimate of drug-likeness (QED) is 0.601. The van der Waals surface area contributed by atoms with Crippen molar-refractivity contribution in [3.63, 3.8) is 0 Å². The third-order valence-electron chi connectivity index (χ3n) is 2.94. The summed E-state index contributed by atoms with van der Waals surface area (Å²) in [4.78, 5) is 0. The summed E-state index contributed by atoms with van der Waals surface area (Å²) < 4.78 is 25.9. The normalized spacial score (nSPS) is 10.2. The second-order valence-electron chi connectivity index (χ2n) is 4.63. The predicted octanol–water partition coefficient (Wildman–Crippen LogP) is 3.34. The largest absolute Gasteiger partial charge is 0.399 e. The number of anilines is 2. The number of rotatable bonds is 3. The molecule has 0 atom stereocenters. The Bertz CT molecular complexity index is 674. The first-order valence-electron chi connectivity index (χ1n) is 6.30. The van der Waals surface area contributed by atoms with Crippen LogP contribution in [0, 0.1) is 18.6 Å². The summed E-state index contributed by atoms with van der Waals surface area (Å²) in [6, 6.07) is 9.17. The minimum Gasteiger partial charge on any atom is -0.399 e. The van der Waals surface area contributed by atoms with Gasteiger partial charge < -0.3 is 16.4 Å². The van der Waals surface area contributed by atoms with E-state index < -0.39 is 11.6 Å². The van der Waals surface area contributed by atoms with Crippen LogP contribution in [0.15, 0.2) is 36.4 Å². The van der Waals surface area contributed by atoms with Gasteiger partial charge in [0.2, 0.25) is 0 Å². The number of nitrogens with one attached hydrogen (secondary N) is 2. The molecule has 0 radical (unpaired) electrons. The van der Waals surface area contributed by atoms with Crippen molar-refractivity contribution < 1.29 is 8.78 Å². The Balaban J connectivity index is 1.94. The SMILES string of the molecule is Cc1cc(N)ccc1NC(=S)NCc1ccc(F)c(F)c1. The Labute approximate surface area is 127 Å². The van der Waals surface area contributed by atoms with Crippen LogP contribution in [-0.4, -0.2) is 5.11 Å². The van der Waals surface area contributed by atoms with E-state index in [0.717, 1.165) is 23.4 Å². The standard InChI is InChI=1S/C15H15F2N3S/c1-9-6-11(18)3-5-14(9)20-15(21)19-8-10-2-4-12(16)13(17)7-10/h2-7H,8,18H2,1H3,(H2,19,20,21). The summed E-state index contributed by atoms with van der Waals surface area (Å²) in [6.45, 7) is 2.22. The van der Waals surface area contributed by atoms with Crippen LogP contribution in [0.3, 0.4) is 0 Å². The molecule has 0 aliphatic carbocycles. The molecule has 0 aliphatic rings. The molecule has 0 bridgehead atoms. The van der Waals surface area contributed by atoms with Gasteiger partial charge in [0, 0.05) is 17.9 Å². The summed E-state index contributed by atoms with van der Waals surface area (Å²) in [5.41, 5.74) is 8.76. The zero-order chi connectivity index (χ0) is 15.4. The van der Waals surface area contributed by atoms with Crippen LogP contribution < -0.4 is 16.4 Å². The molecule has 4 N–H and O–H groups in total. The summed E-state index contributed by atoms with van der Waals surface area (Å²) in [5.74, 6) is -1.74. The van der Waals surface area contributed by atoms with E-state index in [1.165, 1.54) is 6.07 Å². The molecule has 0 saturated heterocycles. The Morgan fingerprint density at radius 3 is 2.57 bits per heavy atom. The molecular weight excluding hydrogens is 292 g/mol. The number of benzene rings is 2. The van der Waals surface area contributed by atoms with Crippen molar-refractivity contribution in [2.24, 2.45) is 0 Å². The van der Waals surface area contributed by atoms with E-state index >= 15 is 0 Å². The van der Waals surface area contributed by atoms with E-state index in [1.807, 2.05) is 19.1 Å². The van der Waals surface area contributed by atoms with E-state index in [1.54, 1.807) is 6.07 Å². The average Bonchev–Trinajstić information content (AvgIpc) is 2.43. The lowest BCUT2D eigenvalue weighted by molar-refractivity contribution is 0.507. The average molecular weight is 307 g/mol. The highest BCUT2D eigenvalue weighted by Gasteiger charge is 2.04. The number of thiocarbonyl (C=S) groups is 1. The van der Waals surface area contributed by atoms with Gasteiger partial charge in [-0.1, -0.05) is 6.07 Å². The van der Waals surface area contributed by atoms with Gasteiger partial charge >= 0.3 is 0 Å². The highest BCUT2D eigenvalue weighted by molar-refractivity contribution is 7.80. The van der Waals surface area contributed by atoms with Crippen molar-refractivity contribution in [3.05, 3.63) is 59.2 Å². The van der Waals surface area contributed by atoms with Crippen molar-refractivity contribution in [1.29, 1.82) is 0 Å². The molecule has 0 heterocycles. The van der Waals surface area contributed by atoms with Crippen molar-refractivity contribution in [3.8, 4) is 0 Å². The molecule has 6 heteroatoms. The topological polar surface area (TPSA) is 50.1 Å². The number of nitrogen functional groups attached to an aromatic ring is 1. The van der Waals surface area contributed by atoms with E-state index in [-0.39, 0.29) is 0 Å². The molecule has 2 rings (SSSR count). The summed E-state index contributed by atoms with van der Waals surface area (Å²) in [6.07, 6.45) is 0. The Morgan fingerprint density at radius 1 is 1.14 bits per heavy atom. The summed E-state index contributed by atoms with van der Waals surface area (Å²) in [7, 11) is 0. The number of halogens is 2. The van der Waals surface area contributed by atoms with Crippen LogP contribution in [-0.2, 0) is 6.54 Å². The van der Waals surface area contributed by atoms with Crippen LogP contribution in [0.1, 0.15) is 11.1 Å². The zero-order valence-corrected chi connectivity index (χ0v) is 12.2. The van der Waals surface area contributed by atoms with Crippen molar-refractivity contribution in [2.75, 3.05) is 11.1 Å². The molecule has 0 unspecified atom stereocenters. The fraction of sp³-hybridized carbons (Fsp3) is 0.133. The Morgan fingerprint density at radius 2 is 1.90 bits per heavy atom. The fourth-order valence-electron chi connectivity index (χ4n) is 1.83. The van der Waals surface area contributed by atoms with Gasteiger partial charge in [0.05, 0.1) is 0 Å². The molecular formula is C15H15F2N3S. The van der Waals surface area contributed by atoms with Crippen LogP contribution in [0.4, 0.5) is 20.2 Å². The molecule has 2 aromatic rings. The van der Waals surface area contributed by atoms with Gasteiger partial charge in [-0.05, 0) is 60.6 Å². The number of nitrogens with two attached hydrogens (primary N) is 1. The van der Waals surface area contributed by atoms with Crippen LogP contribution in [0.25, 0.3) is 0 Å². The molecule has 0 aromatic heterocycles. The highest BCUT2D eigenvalue weighted by Crippen LogP contribution is 2.17. The van der Waals surface area contributed by atoms with Gasteiger partial charge in [-0.25, -0.2) is 8.78 Å². The van der Waals surface area contributed by atoms with E-state index in [0.29, 0.717) is 22.9 Å². The maximum Gasteiger partial charge on any atom is 0.171 e. The molecule has 2 aromatic carbocycles. The van der Waals surface area contributed by atoms with E-state index in [4.69, 9.17) is 18.0 Å². The van der Waals surface area contributed by atoms with Crippen LogP contribution >= 0.6 is 12.2 Å². The molecule has 3 nitrogen and oxygen atoms in total. The first-order valence-corrected chi connectivity index (χ1v) is 6.71. The molecule has 0 spiro atoms. The predicted molar refractivity (Wildman–Crippen MR) is 85.0 cm³/mol. The lowest BCUT2D eigenvalue weighted by Gasteiger charge is -2.13. The van der Waals surface area contributed by atoms with E-state index in [2.05, 4.69) is 10.6 Å². The smallest absolute Gasteiger partial charge is 0.171 e. The van der Waals surface area contributed by atoms with Crippen molar-refractivity contribution in [2.45, 2.75) is 13.5 Å². The first-order chi connectivity index (χ1) is 9.95. The molecule has 0 saturated carbocycles. The van der Waals surface area contributed by atoms with Gasteiger partial charge in [0.1, 0.15) is 0 Å². The third-order valence-corrected chi connectivity index (χ3v) is 3.18. The minimum atomic E-state index is -0.873. The number of aryl methyl sites for hydroxylation is 1. The highest BCUT2D eigenvalue weighted by atomic mass is 32.1. The molecule has 110 valence electrons. The van der Waals surface area contributed by atoms with Gasteiger partial charge in [-0.15, -0.1) is 0 Å². The van der Waals surface area contributed by atoms with Crippen molar-refractivity contribution in [1.82, 2.24) is 5.32 Å². The Kier molecular flexibility index (Phi) is 4.70. The van der Waals surface area contributed by atoms with Crippen LogP contribution in [0.5, 0.6) is 0 Å². The number of hydrogen-bond donors (Lipinski definition) is 3. The third kappa shape index (κ3) is 4.13. The van der Waals surface area contributed by atoms with Gasteiger partial charge in [-0.2, -0.15) is 0 Å². The second-order valence-corrected chi connectivity index (χ2v) is 5.04. The fourth-order valence-corrected chi connectivity index (χ4v) is 2.01. The lowest BCUT2D eigenvalue weighted by Crippen LogP contribution is -2.28. The van der Waals surface area contributed by atoms with Crippen molar-refractivity contribution >= 4 is 28.7 Å². The lowest BCUT2D eigenvalue weighted by atomic mass is 10.2. The molecule has 0 amide bonds. The van der Waals surface area contributed by atoms with E-state index in [9.17, 15) is 8.78 Å². The molecule has 0 fully saturated rings. The van der Waals surface area contributed by atoms with Gasteiger partial charge in [-0.3, -0.25) is 0 Å². The molecule has 0 aliphatic heterocycles. The van der Waals surface area contributed by atoms with Gasteiger partial charge in [0.25, 0.3) is 0 Å². The summed E-state index contributed by atoms with van der Waals surface area (Å²) >= 11 is 5.16. The van der Waals surface area contributed by atoms with Gasteiger partial charge in [0.15, 0.2) is 16.7 Å². The first kappa shape index (κ1) is 15.2. The molecule has 21 heavy (non-hydrogen) atoms. The summed E-state index contributed by atoms with van der Waals surface area (Å²) in [5, 5.41) is 6.36. The maximum absolute atomic E-state index is 13.1. The second kappa shape index (κ2) is 6.49. The maximum atomic E-state index is 13.1. The Hall–Kier alpha value is -2.21.